The van der Waals surface area contributed by atoms with Crippen molar-refractivity contribution in [3.8, 4) is 0 Å². The first-order chi connectivity index (χ1) is 13.6. The normalized spacial score (nSPS) is 16.1. The highest BCUT2D eigenvalue weighted by Crippen LogP contribution is 2.25. The van der Waals surface area contributed by atoms with Crippen molar-refractivity contribution in [3.05, 3.63) is 70.4 Å². The number of hydrogen-bond donors (Lipinski definition) is 1. The average molecular weight is 393 g/mol. The standard InChI is InChI=1S/C23H24N2O2S/c1-16(21-10-5-15-28-21)24-22(26)18-11-13-25(14-12-18)23(27)20-9-4-7-17-6-2-3-8-19(17)20/h2-10,15-16,18H,11-14H2,1H3,(H,24,26). The number of likely N-dealkylation sites (tertiary alicyclic amines) is 1. The number of carbonyl (C=O) groups is 2. The maximum atomic E-state index is 13.1. The molecule has 1 unspecified atom stereocenters. The van der Waals surface area contributed by atoms with Gasteiger partial charge in [0.05, 0.1) is 6.04 Å². The van der Waals surface area contributed by atoms with Gasteiger partial charge in [0, 0.05) is 29.4 Å². The molecule has 5 heteroatoms. The number of amides is 2. The van der Waals surface area contributed by atoms with Crippen LogP contribution in [-0.2, 0) is 4.79 Å². The maximum absolute atomic E-state index is 13.1. The zero-order valence-electron chi connectivity index (χ0n) is 15.9. The van der Waals surface area contributed by atoms with Crippen LogP contribution in [0.25, 0.3) is 10.8 Å². The van der Waals surface area contributed by atoms with E-state index in [9.17, 15) is 9.59 Å². The van der Waals surface area contributed by atoms with E-state index in [4.69, 9.17) is 0 Å². The molecule has 144 valence electrons. The Bertz CT molecular complexity index is 970. The number of hydrogen-bond acceptors (Lipinski definition) is 3. The molecule has 1 atom stereocenters. The smallest absolute Gasteiger partial charge is 0.254 e. The molecule has 4 nitrogen and oxygen atoms in total. The van der Waals surface area contributed by atoms with Gasteiger partial charge in [-0.05, 0) is 48.1 Å². The third-order valence-corrected chi connectivity index (χ3v) is 6.56. The molecule has 0 saturated carbocycles. The minimum absolute atomic E-state index is 0.0287. The van der Waals surface area contributed by atoms with Crippen molar-refractivity contribution in [3.63, 3.8) is 0 Å². The molecule has 1 fully saturated rings. The summed E-state index contributed by atoms with van der Waals surface area (Å²) in [5, 5.41) is 7.20. The van der Waals surface area contributed by atoms with E-state index in [1.807, 2.05) is 71.8 Å². The molecule has 2 aromatic carbocycles. The second-order valence-electron chi connectivity index (χ2n) is 7.34. The van der Waals surface area contributed by atoms with Crippen LogP contribution in [0.3, 0.4) is 0 Å². The fourth-order valence-corrected chi connectivity index (χ4v) is 4.60. The van der Waals surface area contributed by atoms with Crippen molar-refractivity contribution in [1.82, 2.24) is 10.2 Å². The second kappa shape index (κ2) is 8.15. The van der Waals surface area contributed by atoms with Crippen molar-refractivity contribution in [2.45, 2.75) is 25.8 Å². The zero-order valence-corrected chi connectivity index (χ0v) is 16.7. The summed E-state index contributed by atoms with van der Waals surface area (Å²) in [6.45, 7) is 3.25. The number of nitrogens with zero attached hydrogens (tertiary/aromatic N) is 1. The number of nitrogens with one attached hydrogen (secondary N) is 1. The number of fused-ring (bicyclic) bond motifs is 1. The molecule has 3 aromatic rings. The number of rotatable bonds is 4. The van der Waals surface area contributed by atoms with E-state index in [-0.39, 0.29) is 23.8 Å². The van der Waals surface area contributed by atoms with Crippen LogP contribution >= 0.6 is 11.3 Å². The predicted molar refractivity (Wildman–Crippen MR) is 113 cm³/mol. The number of carbonyl (C=O) groups excluding carboxylic acids is 2. The van der Waals surface area contributed by atoms with Crippen molar-refractivity contribution < 1.29 is 9.59 Å². The monoisotopic (exact) mass is 392 g/mol. The first-order valence-electron chi connectivity index (χ1n) is 9.74. The average Bonchev–Trinajstić information content (AvgIpc) is 3.28. The quantitative estimate of drug-likeness (QED) is 0.704. The lowest BCUT2D eigenvalue weighted by Crippen LogP contribution is -2.43. The first-order valence-corrected chi connectivity index (χ1v) is 10.6. The van der Waals surface area contributed by atoms with E-state index in [1.165, 1.54) is 0 Å². The lowest BCUT2D eigenvalue weighted by Gasteiger charge is -2.32. The Morgan fingerprint density at radius 2 is 1.79 bits per heavy atom. The van der Waals surface area contributed by atoms with Gasteiger partial charge in [-0.2, -0.15) is 0 Å². The van der Waals surface area contributed by atoms with Gasteiger partial charge in [-0.25, -0.2) is 0 Å². The number of thiophene rings is 1. The molecule has 1 N–H and O–H groups in total. The van der Waals surface area contributed by atoms with E-state index in [0.29, 0.717) is 25.9 Å². The van der Waals surface area contributed by atoms with Crippen LogP contribution in [0.1, 0.15) is 41.0 Å². The van der Waals surface area contributed by atoms with Gasteiger partial charge < -0.3 is 10.2 Å². The number of benzene rings is 2. The molecule has 0 spiro atoms. The van der Waals surface area contributed by atoms with Gasteiger partial charge in [0.25, 0.3) is 5.91 Å². The molecule has 2 heterocycles. The van der Waals surface area contributed by atoms with Gasteiger partial charge in [0.2, 0.25) is 5.91 Å². The summed E-state index contributed by atoms with van der Waals surface area (Å²) in [7, 11) is 0. The van der Waals surface area contributed by atoms with Crippen molar-refractivity contribution in [1.29, 1.82) is 0 Å². The molecular formula is C23H24N2O2S. The van der Waals surface area contributed by atoms with Crippen LogP contribution in [0.5, 0.6) is 0 Å². The van der Waals surface area contributed by atoms with Gasteiger partial charge in [0.15, 0.2) is 0 Å². The SMILES string of the molecule is CC(NC(=O)C1CCN(C(=O)c2cccc3ccccc23)CC1)c1cccs1. The Hall–Kier alpha value is -2.66. The van der Waals surface area contributed by atoms with Crippen LogP contribution < -0.4 is 5.32 Å². The van der Waals surface area contributed by atoms with Crippen LogP contribution in [0.15, 0.2) is 60.0 Å². The van der Waals surface area contributed by atoms with Crippen LogP contribution in [0, 0.1) is 5.92 Å². The minimum atomic E-state index is -0.0287. The summed E-state index contributed by atoms with van der Waals surface area (Å²) < 4.78 is 0. The molecule has 0 radical (unpaired) electrons. The predicted octanol–water partition coefficient (Wildman–Crippen LogP) is 4.63. The zero-order chi connectivity index (χ0) is 19.5. The summed E-state index contributed by atoms with van der Waals surface area (Å²) in [6.07, 6.45) is 1.42. The van der Waals surface area contributed by atoms with E-state index >= 15 is 0 Å². The third kappa shape index (κ3) is 3.80. The summed E-state index contributed by atoms with van der Waals surface area (Å²) >= 11 is 1.65. The fourth-order valence-electron chi connectivity index (χ4n) is 3.87. The highest BCUT2D eigenvalue weighted by Gasteiger charge is 2.29. The van der Waals surface area contributed by atoms with Crippen molar-refractivity contribution in [2.75, 3.05) is 13.1 Å². The first kappa shape index (κ1) is 18.7. The molecule has 4 rings (SSSR count). The van der Waals surface area contributed by atoms with Crippen molar-refractivity contribution >= 4 is 33.9 Å². The van der Waals surface area contributed by atoms with Gasteiger partial charge in [0.1, 0.15) is 0 Å². The summed E-state index contributed by atoms with van der Waals surface area (Å²) in [6, 6.07) is 17.9. The molecular weight excluding hydrogens is 368 g/mol. The van der Waals surface area contributed by atoms with E-state index in [1.54, 1.807) is 11.3 Å². The fraction of sp³-hybridized carbons (Fsp3) is 0.304. The molecule has 1 saturated heterocycles. The molecule has 1 aliphatic heterocycles. The highest BCUT2D eigenvalue weighted by molar-refractivity contribution is 7.10. The summed E-state index contributed by atoms with van der Waals surface area (Å²) in [5.41, 5.74) is 0.743. The Morgan fingerprint density at radius 1 is 1.04 bits per heavy atom. The van der Waals surface area contributed by atoms with Gasteiger partial charge in [-0.15, -0.1) is 11.3 Å². The Morgan fingerprint density at radius 3 is 2.54 bits per heavy atom. The summed E-state index contributed by atoms with van der Waals surface area (Å²) in [5.74, 6) is 0.125. The lowest BCUT2D eigenvalue weighted by atomic mass is 9.94. The molecule has 0 bridgehead atoms. The van der Waals surface area contributed by atoms with Crippen molar-refractivity contribution in [2.24, 2.45) is 5.92 Å². The number of piperidine rings is 1. The van der Waals surface area contributed by atoms with E-state index in [2.05, 4.69) is 5.32 Å². The van der Waals surface area contributed by atoms with E-state index < -0.39 is 0 Å². The highest BCUT2D eigenvalue weighted by atomic mass is 32.1. The topological polar surface area (TPSA) is 49.4 Å². The molecule has 28 heavy (non-hydrogen) atoms. The van der Waals surface area contributed by atoms with Gasteiger partial charge >= 0.3 is 0 Å². The van der Waals surface area contributed by atoms with Crippen LogP contribution in [0.4, 0.5) is 0 Å². The van der Waals surface area contributed by atoms with Gasteiger partial charge in [-0.3, -0.25) is 9.59 Å². The van der Waals surface area contributed by atoms with Gasteiger partial charge in [-0.1, -0.05) is 42.5 Å². The molecule has 0 aliphatic carbocycles. The lowest BCUT2D eigenvalue weighted by molar-refractivity contribution is -0.126. The Labute approximate surface area is 169 Å². The summed E-state index contributed by atoms with van der Waals surface area (Å²) in [4.78, 5) is 28.7. The second-order valence-corrected chi connectivity index (χ2v) is 8.32. The van der Waals surface area contributed by atoms with Crippen LogP contribution in [0.2, 0.25) is 0 Å². The molecule has 1 aromatic heterocycles. The largest absolute Gasteiger partial charge is 0.349 e. The maximum Gasteiger partial charge on any atom is 0.254 e. The van der Waals surface area contributed by atoms with E-state index in [0.717, 1.165) is 21.2 Å². The minimum Gasteiger partial charge on any atom is -0.349 e. The molecule has 2 amide bonds. The Kier molecular flexibility index (Phi) is 5.44. The third-order valence-electron chi connectivity index (χ3n) is 5.50. The molecule has 1 aliphatic rings. The van der Waals surface area contributed by atoms with Crippen LogP contribution in [-0.4, -0.2) is 29.8 Å². The Balaban J connectivity index is 1.38.